The van der Waals surface area contributed by atoms with Gasteiger partial charge in [-0.3, -0.25) is 10.1 Å². The molecule has 0 radical (unpaired) electrons. The van der Waals surface area contributed by atoms with Crippen molar-refractivity contribution in [1.29, 1.82) is 0 Å². The van der Waals surface area contributed by atoms with Crippen LogP contribution in [0.15, 0.2) is 18.2 Å². The molecule has 3 rings (SSSR count). The number of halogens is 1. The highest BCUT2D eigenvalue weighted by Crippen LogP contribution is 2.28. The summed E-state index contributed by atoms with van der Waals surface area (Å²) in [4.78, 5) is 14.3. The average molecular weight is 251 g/mol. The van der Waals surface area contributed by atoms with Crippen molar-refractivity contribution in [3.63, 3.8) is 0 Å². The fraction of sp³-hybridized carbons (Fsp3) is 0.250. The Kier molecular flexibility index (Phi) is 2.34. The average Bonchev–Trinajstić information content (AvgIpc) is 2.64. The quantitative estimate of drug-likeness (QED) is 0.725. The van der Waals surface area contributed by atoms with Gasteiger partial charge < -0.3 is 10.1 Å². The van der Waals surface area contributed by atoms with E-state index in [9.17, 15) is 4.79 Å². The van der Waals surface area contributed by atoms with E-state index in [0.29, 0.717) is 18.0 Å². The summed E-state index contributed by atoms with van der Waals surface area (Å²) in [5, 5.41) is 13.8. The van der Waals surface area contributed by atoms with Crippen molar-refractivity contribution in [2.75, 3.05) is 0 Å². The molecule has 1 atom stereocenters. The molecule has 0 aliphatic carbocycles. The molecule has 1 aromatic carbocycles. The topological polar surface area (TPSA) is 65.1 Å². The van der Waals surface area contributed by atoms with Crippen LogP contribution in [-0.4, -0.2) is 22.1 Å². The van der Waals surface area contributed by atoms with Crippen molar-refractivity contribution in [2.45, 2.75) is 19.0 Å². The standard InChI is InChI=1S/C12H11ClN2O2/c13-6-1-2-7-8-4-10(12(16)17)14-5-11(8)15-9(7)3-6/h1-3,10,14-15H,4-5H2,(H,16,17). The van der Waals surface area contributed by atoms with E-state index in [1.54, 1.807) is 0 Å². The lowest BCUT2D eigenvalue weighted by atomic mass is 9.99. The summed E-state index contributed by atoms with van der Waals surface area (Å²) in [7, 11) is 0. The van der Waals surface area contributed by atoms with E-state index in [1.807, 2.05) is 18.2 Å². The fourth-order valence-electron chi connectivity index (χ4n) is 2.34. The van der Waals surface area contributed by atoms with Crippen LogP contribution in [0, 0.1) is 0 Å². The zero-order valence-electron chi connectivity index (χ0n) is 8.96. The molecule has 1 aliphatic rings. The molecule has 3 N–H and O–H groups in total. The molecule has 1 unspecified atom stereocenters. The van der Waals surface area contributed by atoms with Crippen LogP contribution in [0.5, 0.6) is 0 Å². The van der Waals surface area contributed by atoms with E-state index >= 15 is 0 Å². The second-order valence-electron chi connectivity index (χ2n) is 4.25. The molecule has 5 heteroatoms. The molecule has 0 fully saturated rings. The molecule has 2 heterocycles. The van der Waals surface area contributed by atoms with Crippen LogP contribution in [0.3, 0.4) is 0 Å². The summed E-state index contributed by atoms with van der Waals surface area (Å²) >= 11 is 5.93. The molecule has 17 heavy (non-hydrogen) atoms. The maximum absolute atomic E-state index is 11.0. The van der Waals surface area contributed by atoms with E-state index < -0.39 is 12.0 Å². The Hall–Kier alpha value is -1.52. The van der Waals surface area contributed by atoms with Gasteiger partial charge in [0.2, 0.25) is 0 Å². The van der Waals surface area contributed by atoms with E-state index in [1.165, 1.54) is 0 Å². The van der Waals surface area contributed by atoms with E-state index in [0.717, 1.165) is 22.2 Å². The minimum atomic E-state index is -0.807. The number of hydrogen-bond donors (Lipinski definition) is 3. The number of aromatic amines is 1. The third-order valence-corrected chi connectivity index (χ3v) is 3.42. The maximum atomic E-state index is 11.0. The summed E-state index contributed by atoms with van der Waals surface area (Å²) in [5.74, 6) is -0.807. The molecular weight excluding hydrogens is 240 g/mol. The minimum absolute atomic E-state index is 0.503. The predicted octanol–water partition coefficient (Wildman–Crippen LogP) is 1.92. The number of aliphatic carboxylic acids is 1. The fourth-order valence-corrected chi connectivity index (χ4v) is 2.52. The highest BCUT2D eigenvalue weighted by molar-refractivity contribution is 6.31. The third-order valence-electron chi connectivity index (χ3n) is 3.19. The Morgan fingerprint density at radius 1 is 1.47 bits per heavy atom. The lowest BCUT2D eigenvalue weighted by Gasteiger charge is -2.20. The number of benzene rings is 1. The molecule has 0 bridgehead atoms. The van der Waals surface area contributed by atoms with Crippen molar-refractivity contribution >= 4 is 28.5 Å². The number of aromatic nitrogens is 1. The number of carboxylic acid groups (broad SMARTS) is 1. The lowest BCUT2D eigenvalue weighted by Crippen LogP contribution is -2.41. The number of fused-ring (bicyclic) bond motifs is 3. The van der Waals surface area contributed by atoms with Crippen molar-refractivity contribution in [3.8, 4) is 0 Å². The second-order valence-corrected chi connectivity index (χ2v) is 4.68. The molecule has 4 nitrogen and oxygen atoms in total. The molecule has 2 aromatic rings. The van der Waals surface area contributed by atoms with Gasteiger partial charge in [-0.2, -0.15) is 0 Å². The number of carboxylic acids is 1. The monoisotopic (exact) mass is 250 g/mol. The summed E-state index contributed by atoms with van der Waals surface area (Å²) < 4.78 is 0. The zero-order chi connectivity index (χ0) is 12.0. The van der Waals surface area contributed by atoms with Gasteiger partial charge in [-0.25, -0.2) is 0 Å². The molecule has 88 valence electrons. The second kappa shape index (κ2) is 3.75. The van der Waals surface area contributed by atoms with Gasteiger partial charge in [0.05, 0.1) is 0 Å². The molecule has 1 aromatic heterocycles. The van der Waals surface area contributed by atoms with Crippen LogP contribution in [0.1, 0.15) is 11.3 Å². The van der Waals surface area contributed by atoms with Crippen molar-refractivity contribution < 1.29 is 9.90 Å². The number of carbonyl (C=O) groups is 1. The van der Waals surface area contributed by atoms with Gasteiger partial charge in [-0.05, 0) is 17.7 Å². The first-order chi connectivity index (χ1) is 8.15. The number of rotatable bonds is 1. The molecule has 0 saturated heterocycles. The van der Waals surface area contributed by atoms with Crippen molar-refractivity contribution in [1.82, 2.24) is 10.3 Å². The Bertz CT molecular complexity index is 606. The van der Waals surface area contributed by atoms with Gasteiger partial charge in [0.25, 0.3) is 0 Å². The maximum Gasteiger partial charge on any atom is 0.321 e. The summed E-state index contributed by atoms with van der Waals surface area (Å²) in [6.45, 7) is 0.554. The first-order valence-corrected chi connectivity index (χ1v) is 5.78. The Labute approximate surface area is 103 Å². The van der Waals surface area contributed by atoms with Gasteiger partial charge in [-0.15, -0.1) is 0 Å². The zero-order valence-corrected chi connectivity index (χ0v) is 9.71. The molecule has 0 spiro atoms. The van der Waals surface area contributed by atoms with Crippen LogP contribution in [-0.2, 0) is 17.8 Å². The van der Waals surface area contributed by atoms with E-state index in [2.05, 4.69) is 10.3 Å². The summed E-state index contributed by atoms with van der Waals surface area (Å²) in [5.41, 5.74) is 3.11. The highest BCUT2D eigenvalue weighted by Gasteiger charge is 2.26. The van der Waals surface area contributed by atoms with Gasteiger partial charge in [-0.1, -0.05) is 17.7 Å². The van der Waals surface area contributed by atoms with Crippen LogP contribution in [0.4, 0.5) is 0 Å². The van der Waals surface area contributed by atoms with Crippen LogP contribution < -0.4 is 5.32 Å². The summed E-state index contributed by atoms with van der Waals surface area (Å²) in [6, 6.07) is 5.13. The van der Waals surface area contributed by atoms with Crippen LogP contribution >= 0.6 is 11.6 Å². The van der Waals surface area contributed by atoms with E-state index in [-0.39, 0.29) is 0 Å². The van der Waals surface area contributed by atoms with Gasteiger partial charge >= 0.3 is 5.97 Å². The Morgan fingerprint density at radius 2 is 2.29 bits per heavy atom. The molecule has 0 saturated carbocycles. The first kappa shape index (κ1) is 10.6. The predicted molar refractivity (Wildman–Crippen MR) is 65.3 cm³/mol. The SMILES string of the molecule is O=C(O)C1Cc2c([nH]c3cc(Cl)ccc23)CN1. The highest BCUT2D eigenvalue weighted by atomic mass is 35.5. The van der Waals surface area contributed by atoms with Gasteiger partial charge in [0.1, 0.15) is 6.04 Å². The number of hydrogen-bond acceptors (Lipinski definition) is 2. The van der Waals surface area contributed by atoms with Crippen molar-refractivity contribution in [3.05, 3.63) is 34.5 Å². The largest absolute Gasteiger partial charge is 0.480 e. The van der Waals surface area contributed by atoms with Crippen molar-refractivity contribution in [2.24, 2.45) is 0 Å². The number of H-pyrrole nitrogens is 1. The summed E-state index contributed by atoms with van der Waals surface area (Å²) in [6.07, 6.45) is 0.506. The van der Waals surface area contributed by atoms with Gasteiger partial charge in [0.15, 0.2) is 0 Å². The Morgan fingerprint density at radius 3 is 3.06 bits per heavy atom. The smallest absolute Gasteiger partial charge is 0.321 e. The van der Waals surface area contributed by atoms with Crippen LogP contribution in [0.2, 0.25) is 5.02 Å². The molecular formula is C12H11ClN2O2. The molecule has 1 aliphatic heterocycles. The minimum Gasteiger partial charge on any atom is -0.480 e. The van der Waals surface area contributed by atoms with Gasteiger partial charge in [0, 0.05) is 34.6 Å². The third kappa shape index (κ3) is 1.69. The van der Waals surface area contributed by atoms with Crippen LogP contribution in [0.25, 0.3) is 10.9 Å². The first-order valence-electron chi connectivity index (χ1n) is 5.40. The molecule has 0 amide bonds. The normalized spacial score (nSPS) is 19.2. The number of nitrogens with one attached hydrogen (secondary N) is 2. The Balaban J connectivity index is 2.12. The lowest BCUT2D eigenvalue weighted by molar-refractivity contribution is -0.139. The van der Waals surface area contributed by atoms with E-state index in [4.69, 9.17) is 16.7 Å².